The molecule has 0 spiro atoms. The number of nitrogens with two attached hydrogens (primary N) is 2. The largest absolute Gasteiger partial charge is 0.396 e. The maximum atomic E-state index is 9.40. The average Bonchev–Trinajstić information content (AvgIpc) is 3.29. The maximum absolute atomic E-state index is 9.40. The first-order valence-corrected chi connectivity index (χ1v) is 17.5. The van der Waals surface area contributed by atoms with Crippen molar-refractivity contribution in [3.05, 3.63) is 29.3 Å². The third kappa shape index (κ3) is 16.3. The minimum atomic E-state index is -0.506. The summed E-state index contributed by atoms with van der Waals surface area (Å²) in [6.45, 7) is 19.6. The lowest BCUT2D eigenvalue weighted by molar-refractivity contribution is -0.0702. The predicted octanol–water partition coefficient (Wildman–Crippen LogP) is 5.17. The number of rotatable bonds is 25. The smallest absolute Gasteiger partial charge is 0.164 e. The fourth-order valence-electron chi connectivity index (χ4n) is 4.27. The zero-order chi connectivity index (χ0) is 35.6. The van der Waals surface area contributed by atoms with E-state index >= 15 is 0 Å². The molecule has 1 aromatic heterocycles. The van der Waals surface area contributed by atoms with Crippen molar-refractivity contribution < 1.29 is 38.6 Å². The number of hydrogen-bond acceptors (Lipinski definition) is 14. The van der Waals surface area contributed by atoms with Crippen LogP contribution in [-0.2, 0) is 28.4 Å². The van der Waals surface area contributed by atoms with Gasteiger partial charge in [0.2, 0.25) is 0 Å². The van der Waals surface area contributed by atoms with Gasteiger partial charge in [0.25, 0.3) is 0 Å². The van der Waals surface area contributed by atoms with E-state index in [4.69, 9.17) is 39.9 Å². The number of aryl methyl sites for hydroxylation is 1. The Morgan fingerprint density at radius 3 is 1.62 bits per heavy atom. The van der Waals surface area contributed by atoms with E-state index < -0.39 is 12.2 Å². The number of benzene rings is 1. The Labute approximate surface area is 290 Å². The zero-order valence-electron chi connectivity index (χ0n) is 30.0. The van der Waals surface area contributed by atoms with E-state index in [2.05, 4.69) is 21.2 Å². The molecule has 274 valence electrons. The molecule has 0 aliphatic carbocycles. The molecule has 0 amide bonds. The number of azo groups is 1. The summed E-state index contributed by atoms with van der Waals surface area (Å²) < 4.78 is 34.8. The summed E-state index contributed by atoms with van der Waals surface area (Å²) in [4.78, 5) is 2.21. The van der Waals surface area contributed by atoms with Gasteiger partial charge >= 0.3 is 0 Å². The maximum Gasteiger partial charge on any atom is 0.164 e. The van der Waals surface area contributed by atoms with Crippen LogP contribution in [-0.4, -0.2) is 113 Å². The van der Waals surface area contributed by atoms with Crippen molar-refractivity contribution in [2.45, 2.75) is 92.0 Å². The van der Waals surface area contributed by atoms with Crippen LogP contribution in [0, 0.1) is 13.8 Å². The zero-order valence-corrected chi connectivity index (χ0v) is 30.8. The Kier molecular flexibility index (Phi) is 19.4. The molecule has 13 nitrogen and oxygen atoms in total. The Morgan fingerprint density at radius 1 is 0.708 bits per heavy atom. The first kappa shape index (κ1) is 41.8. The number of thiophene rings is 1. The standard InChI is InChI=1S/C34H59N5O8S/c1-22-15-30(9-10-31(22)37-38-34-32(35)29(8)33(36)48-34)39(11-13-42-18-25(4)46-20-27(6)44-16-23(2)40)12-14-43-19-26(5)47-21-28(7)45-17-24(3)41/h9-10,15,23-28,40-41H,11-14,16-21,35-36H2,1-8H3/b38-37+. The molecule has 6 atom stereocenters. The molecule has 0 bridgehead atoms. The van der Waals surface area contributed by atoms with E-state index in [0.29, 0.717) is 68.4 Å². The van der Waals surface area contributed by atoms with Gasteiger partial charge in [0.05, 0.1) is 106 Å². The molecule has 1 heterocycles. The van der Waals surface area contributed by atoms with Crippen LogP contribution in [0.1, 0.15) is 52.7 Å². The summed E-state index contributed by atoms with van der Waals surface area (Å²) in [7, 11) is 0. The topological polar surface area (TPSA) is 176 Å². The van der Waals surface area contributed by atoms with Gasteiger partial charge in [-0.25, -0.2) is 0 Å². The van der Waals surface area contributed by atoms with Crippen LogP contribution in [0.5, 0.6) is 0 Å². The quantitative estimate of drug-likeness (QED) is 0.0796. The summed E-state index contributed by atoms with van der Waals surface area (Å²) >= 11 is 1.32. The van der Waals surface area contributed by atoms with Crippen molar-refractivity contribution in [2.24, 2.45) is 10.2 Å². The van der Waals surface area contributed by atoms with E-state index in [9.17, 15) is 10.2 Å². The van der Waals surface area contributed by atoms with Crippen molar-refractivity contribution in [3.8, 4) is 0 Å². The van der Waals surface area contributed by atoms with Gasteiger partial charge in [-0.3, -0.25) is 0 Å². The molecule has 2 aromatic rings. The normalized spacial score (nSPS) is 15.8. The van der Waals surface area contributed by atoms with Gasteiger partial charge in [-0.1, -0.05) is 11.3 Å². The molecule has 0 aliphatic rings. The number of anilines is 3. The molecule has 1 aromatic carbocycles. The molecular weight excluding hydrogens is 638 g/mol. The Bertz CT molecular complexity index is 1180. The second-order valence-corrected chi connectivity index (χ2v) is 13.4. The molecule has 6 N–H and O–H groups in total. The van der Waals surface area contributed by atoms with Crippen molar-refractivity contribution >= 4 is 38.4 Å². The molecule has 0 saturated heterocycles. The first-order valence-electron chi connectivity index (χ1n) is 16.7. The highest BCUT2D eigenvalue weighted by Gasteiger charge is 2.14. The lowest BCUT2D eigenvalue weighted by atomic mass is 10.1. The van der Waals surface area contributed by atoms with Crippen LogP contribution in [0.3, 0.4) is 0 Å². The van der Waals surface area contributed by atoms with E-state index in [0.717, 1.165) is 22.5 Å². The highest BCUT2D eigenvalue weighted by atomic mass is 32.1. The van der Waals surface area contributed by atoms with Crippen molar-refractivity contribution in [1.29, 1.82) is 0 Å². The monoisotopic (exact) mass is 697 g/mol. The summed E-state index contributed by atoms with van der Waals surface area (Å²) in [6, 6.07) is 6.03. The second kappa shape index (κ2) is 22.3. The summed E-state index contributed by atoms with van der Waals surface area (Å²) in [5.41, 5.74) is 16.2. The highest BCUT2D eigenvalue weighted by Crippen LogP contribution is 2.40. The summed E-state index contributed by atoms with van der Waals surface area (Å²) in [5, 5.41) is 28.8. The molecule has 48 heavy (non-hydrogen) atoms. The van der Waals surface area contributed by atoms with E-state index in [-0.39, 0.29) is 37.6 Å². The van der Waals surface area contributed by atoms with Crippen LogP contribution in [0.4, 0.5) is 27.1 Å². The molecule has 0 fully saturated rings. The molecule has 0 saturated carbocycles. The Hall–Kier alpha value is -2.40. The predicted molar refractivity (Wildman–Crippen MR) is 192 cm³/mol. The minimum Gasteiger partial charge on any atom is -0.396 e. The van der Waals surface area contributed by atoms with Gasteiger partial charge in [0, 0.05) is 24.3 Å². The molecule has 2 rings (SSSR count). The van der Waals surface area contributed by atoms with Crippen LogP contribution < -0.4 is 16.4 Å². The number of aliphatic hydroxyl groups is 2. The minimum absolute atomic E-state index is 0.107. The number of aliphatic hydroxyl groups excluding tert-OH is 2. The molecule has 0 radical (unpaired) electrons. The molecule has 0 aliphatic heterocycles. The highest BCUT2D eigenvalue weighted by molar-refractivity contribution is 7.20. The lowest BCUT2D eigenvalue weighted by Gasteiger charge is -2.26. The first-order chi connectivity index (χ1) is 22.8. The van der Waals surface area contributed by atoms with Gasteiger partial charge in [-0.2, -0.15) is 0 Å². The average molecular weight is 698 g/mol. The molecular formula is C34H59N5O8S. The van der Waals surface area contributed by atoms with Crippen molar-refractivity contribution in [2.75, 3.05) is 82.3 Å². The van der Waals surface area contributed by atoms with Gasteiger partial charge in [0.1, 0.15) is 0 Å². The summed E-state index contributed by atoms with van der Waals surface area (Å²) in [5.74, 6) is 0. The van der Waals surface area contributed by atoms with Gasteiger partial charge in [-0.05, 0) is 79.2 Å². The fraction of sp³-hybridized carbons (Fsp3) is 0.706. The Morgan fingerprint density at radius 2 is 1.19 bits per heavy atom. The van der Waals surface area contributed by atoms with E-state index in [1.54, 1.807) is 13.8 Å². The number of nitrogen functional groups attached to an aromatic ring is 2. The number of hydrogen-bond donors (Lipinski definition) is 4. The lowest BCUT2D eigenvalue weighted by Crippen LogP contribution is -2.33. The fourth-order valence-corrected chi connectivity index (χ4v) is 5.08. The SMILES string of the molecule is Cc1cc(N(CCOCC(C)OCC(C)OCC(C)O)CCOCC(C)OCC(C)OCC(C)O)ccc1/N=N/c1sc(N)c(C)c1N. The third-order valence-corrected chi connectivity index (χ3v) is 8.22. The van der Waals surface area contributed by atoms with Gasteiger partial charge in [0.15, 0.2) is 5.00 Å². The van der Waals surface area contributed by atoms with Gasteiger partial charge < -0.3 is 55.0 Å². The van der Waals surface area contributed by atoms with E-state index in [1.807, 2.05) is 53.7 Å². The Balaban J connectivity index is 1.95. The molecule has 6 unspecified atom stereocenters. The van der Waals surface area contributed by atoms with Crippen LogP contribution in [0.15, 0.2) is 28.4 Å². The second-order valence-electron chi connectivity index (χ2n) is 12.4. The van der Waals surface area contributed by atoms with Crippen LogP contribution in [0.2, 0.25) is 0 Å². The van der Waals surface area contributed by atoms with Gasteiger partial charge in [-0.15, -0.1) is 10.2 Å². The van der Waals surface area contributed by atoms with Crippen LogP contribution in [0.25, 0.3) is 0 Å². The van der Waals surface area contributed by atoms with Crippen LogP contribution >= 0.6 is 11.3 Å². The van der Waals surface area contributed by atoms with Crippen molar-refractivity contribution in [3.63, 3.8) is 0 Å². The number of nitrogens with zero attached hydrogens (tertiary/aromatic N) is 3. The molecule has 14 heteroatoms. The third-order valence-electron chi connectivity index (χ3n) is 7.20. The number of ether oxygens (including phenoxy) is 6. The van der Waals surface area contributed by atoms with E-state index in [1.165, 1.54) is 11.3 Å². The van der Waals surface area contributed by atoms with Crippen molar-refractivity contribution in [1.82, 2.24) is 0 Å². The summed E-state index contributed by atoms with van der Waals surface area (Å²) in [6.07, 6.45) is -1.46.